The zero-order valence-electron chi connectivity index (χ0n) is 15.0. The topological polar surface area (TPSA) is 52.9 Å². The number of nitrogens with zero attached hydrogens (tertiary/aromatic N) is 1. The lowest BCUT2D eigenvalue weighted by Gasteiger charge is -2.35. The van der Waals surface area contributed by atoms with Gasteiger partial charge in [-0.3, -0.25) is 4.79 Å². The van der Waals surface area contributed by atoms with Crippen LogP contribution >= 0.6 is 11.6 Å². The predicted octanol–water partition coefficient (Wildman–Crippen LogP) is 5.23. The van der Waals surface area contributed by atoms with Crippen LogP contribution in [0.3, 0.4) is 0 Å². The molecule has 27 heavy (non-hydrogen) atoms. The molecule has 2 aromatic carbocycles. The standard InChI is InChI=1S/C23H19ClN2O/c1-14-19(13-25)22(16-7-9-18(24)10-8-16)23-20(26-14)11-17(12-21(23)27)15-5-3-2-4-6-15/h2-10,17,22,26H,11-12H2,1H3. The summed E-state index contributed by atoms with van der Waals surface area (Å²) in [5.41, 5.74) is 5.19. The Morgan fingerprint density at radius 1 is 1.04 bits per heavy atom. The van der Waals surface area contributed by atoms with Crippen LogP contribution < -0.4 is 5.32 Å². The number of carbonyl (C=O) groups is 1. The molecule has 0 saturated carbocycles. The molecule has 0 aromatic heterocycles. The first-order valence-electron chi connectivity index (χ1n) is 9.03. The maximum atomic E-state index is 13.2. The van der Waals surface area contributed by atoms with E-state index in [1.54, 1.807) is 0 Å². The Morgan fingerprint density at radius 2 is 1.74 bits per heavy atom. The molecule has 0 radical (unpaired) electrons. The average Bonchev–Trinajstić information content (AvgIpc) is 2.68. The van der Waals surface area contributed by atoms with Crippen LogP contribution in [0, 0.1) is 11.3 Å². The van der Waals surface area contributed by atoms with Crippen LogP contribution in [-0.4, -0.2) is 5.78 Å². The molecule has 0 fully saturated rings. The van der Waals surface area contributed by atoms with Crippen LogP contribution in [0.5, 0.6) is 0 Å². The molecule has 1 heterocycles. The number of allylic oxidation sites excluding steroid dienone is 4. The normalized spacial score (nSPS) is 22.2. The van der Waals surface area contributed by atoms with Crippen molar-refractivity contribution in [2.75, 3.05) is 0 Å². The summed E-state index contributed by atoms with van der Waals surface area (Å²) in [7, 11) is 0. The number of nitrogens with one attached hydrogen (secondary N) is 1. The van der Waals surface area contributed by atoms with E-state index < -0.39 is 0 Å². The van der Waals surface area contributed by atoms with Gasteiger partial charge in [0, 0.05) is 28.4 Å². The summed E-state index contributed by atoms with van der Waals surface area (Å²) in [6, 6.07) is 19.9. The van der Waals surface area contributed by atoms with Crippen molar-refractivity contribution in [3.63, 3.8) is 0 Å². The lowest BCUT2D eigenvalue weighted by Crippen LogP contribution is -2.33. The quantitative estimate of drug-likeness (QED) is 0.783. The Morgan fingerprint density at radius 3 is 2.41 bits per heavy atom. The van der Waals surface area contributed by atoms with Crippen molar-refractivity contribution in [3.8, 4) is 6.07 Å². The van der Waals surface area contributed by atoms with Crippen molar-refractivity contribution >= 4 is 17.4 Å². The second-order valence-electron chi connectivity index (χ2n) is 7.09. The zero-order chi connectivity index (χ0) is 19.0. The maximum absolute atomic E-state index is 13.2. The molecule has 0 spiro atoms. The minimum atomic E-state index is -0.326. The van der Waals surface area contributed by atoms with E-state index in [1.807, 2.05) is 49.4 Å². The van der Waals surface area contributed by atoms with Crippen LogP contribution in [0.25, 0.3) is 0 Å². The van der Waals surface area contributed by atoms with Gasteiger partial charge in [0.2, 0.25) is 0 Å². The number of hydrogen-bond acceptors (Lipinski definition) is 3. The second-order valence-corrected chi connectivity index (χ2v) is 7.53. The number of nitriles is 1. The van der Waals surface area contributed by atoms with Gasteiger partial charge in [-0.15, -0.1) is 0 Å². The van der Waals surface area contributed by atoms with Crippen molar-refractivity contribution in [2.45, 2.75) is 31.6 Å². The molecule has 0 bridgehead atoms. The Bertz CT molecular complexity index is 997. The van der Waals surface area contributed by atoms with Gasteiger partial charge >= 0.3 is 0 Å². The molecular formula is C23H19ClN2O. The number of ketones is 1. The summed E-state index contributed by atoms with van der Waals surface area (Å²) in [4.78, 5) is 13.2. The summed E-state index contributed by atoms with van der Waals surface area (Å²) in [6.07, 6.45) is 1.23. The van der Waals surface area contributed by atoms with Crippen molar-refractivity contribution in [1.29, 1.82) is 5.26 Å². The molecule has 4 rings (SSSR count). The Kier molecular flexibility index (Phi) is 4.59. The third-order valence-electron chi connectivity index (χ3n) is 5.42. The summed E-state index contributed by atoms with van der Waals surface area (Å²) >= 11 is 6.03. The fourth-order valence-corrected chi connectivity index (χ4v) is 4.26. The fourth-order valence-electron chi connectivity index (χ4n) is 4.14. The Balaban J connectivity index is 1.79. The van der Waals surface area contributed by atoms with E-state index in [0.717, 1.165) is 29.0 Å². The molecule has 2 aromatic rings. The van der Waals surface area contributed by atoms with Crippen molar-refractivity contribution in [2.24, 2.45) is 0 Å². The molecule has 2 atom stereocenters. The molecule has 1 aliphatic heterocycles. The first kappa shape index (κ1) is 17.6. The van der Waals surface area contributed by atoms with Gasteiger partial charge in [-0.25, -0.2) is 0 Å². The largest absolute Gasteiger partial charge is 0.361 e. The number of halogens is 1. The van der Waals surface area contributed by atoms with Crippen LogP contribution in [0.4, 0.5) is 0 Å². The summed E-state index contributed by atoms with van der Waals surface area (Å²) in [5.74, 6) is -0.0576. The van der Waals surface area contributed by atoms with E-state index in [0.29, 0.717) is 17.0 Å². The van der Waals surface area contributed by atoms with E-state index in [-0.39, 0.29) is 17.6 Å². The number of carbonyl (C=O) groups excluding carboxylic acids is 1. The van der Waals surface area contributed by atoms with Gasteiger partial charge < -0.3 is 5.32 Å². The second kappa shape index (κ2) is 7.06. The monoisotopic (exact) mass is 374 g/mol. The lowest BCUT2D eigenvalue weighted by atomic mass is 9.72. The van der Waals surface area contributed by atoms with Crippen molar-refractivity contribution < 1.29 is 4.79 Å². The van der Waals surface area contributed by atoms with Crippen molar-refractivity contribution in [1.82, 2.24) is 5.32 Å². The smallest absolute Gasteiger partial charge is 0.162 e. The number of rotatable bonds is 2. The third kappa shape index (κ3) is 3.18. The van der Waals surface area contributed by atoms with E-state index in [2.05, 4.69) is 23.5 Å². The number of benzene rings is 2. The van der Waals surface area contributed by atoms with Gasteiger partial charge in [-0.2, -0.15) is 5.26 Å². The van der Waals surface area contributed by atoms with Crippen LogP contribution in [0.15, 0.2) is 77.1 Å². The van der Waals surface area contributed by atoms with Crippen LogP contribution in [-0.2, 0) is 4.79 Å². The summed E-state index contributed by atoms with van der Waals surface area (Å²) in [5, 5.41) is 13.7. The van der Waals surface area contributed by atoms with E-state index in [4.69, 9.17) is 11.6 Å². The highest BCUT2D eigenvalue weighted by Gasteiger charge is 2.38. The van der Waals surface area contributed by atoms with E-state index >= 15 is 0 Å². The average molecular weight is 375 g/mol. The highest BCUT2D eigenvalue weighted by molar-refractivity contribution is 6.30. The van der Waals surface area contributed by atoms with Gasteiger partial charge in [0.25, 0.3) is 0 Å². The molecule has 3 nitrogen and oxygen atoms in total. The minimum Gasteiger partial charge on any atom is -0.361 e. The van der Waals surface area contributed by atoms with E-state index in [9.17, 15) is 10.1 Å². The van der Waals surface area contributed by atoms with E-state index in [1.165, 1.54) is 5.56 Å². The predicted molar refractivity (Wildman–Crippen MR) is 106 cm³/mol. The number of dihydropyridines is 1. The number of hydrogen-bond donors (Lipinski definition) is 1. The highest BCUT2D eigenvalue weighted by atomic mass is 35.5. The molecule has 4 heteroatoms. The Labute approximate surface area is 164 Å². The first-order valence-corrected chi connectivity index (χ1v) is 9.41. The van der Waals surface area contributed by atoms with Crippen LogP contribution in [0.2, 0.25) is 5.02 Å². The lowest BCUT2D eigenvalue weighted by molar-refractivity contribution is -0.116. The zero-order valence-corrected chi connectivity index (χ0v) is 15.8. The first-order chi connectivity index (χ1) is 13.1. The Hall–Kier alpha value is -2.83. The molecule has 2 aliphatic rings. The highest BCUT2D eigenvalue weighted by Crippen LogP contribution is 2.45. The molecule has 1 aliphatic carbocycles. The summed E-state index contributed by atoms with van der Waals surface area (Å²) in [6.45, 7) is 1.90. The molecule has 1 N–H and O–H groups in total. The third-order valence-corrected chi connectivity index (χ3v) is 5.67. The van der Waals surface area contributed by atoms with Gasteiger partial charge in [0.1, 0.15) is 0 Å². The molecule has 0 saturated heterocycles. The minimum absolute atomic E-state index is 0.109. The van der Waals surface area contributed by atoms with Gasteiger partial charge in [-0.05, 0) is 42.5 Å². The molecule has 0 amide bonds. The van der Waals surface area contributed by atoms with Gasteiger partial charge in [0.05, 0.1) is 17.6 Å². The summed E-state index contributed by atoms with van der Waals surface area (Å²) < 4.78 is 0. The van der Waals surface area contributed by atoms with Crippen molar-refractivity contribution in [3.05, 3.63) is 93.3 Å². The molecular weight excluding hydrogens is 356 g/mol. The fraction of sp³-hybridized carbons (Fsp3) is 0.217. The van der Waals surface area contributed by atoms with Gasteiger partial charge in [0.15, 0.2) is 5.78 Å². The molecule has 134 valence electrons. The van der Waals surface area contributed by atoms with Crippen LogP contribution in [0.1, 0.15) is 42.7 Å². The maximum Gasteiger partial charge on any atom is 0.162 e. The number of Topliss-reactive ketones (excluding diaryl/α,β-unsaturated/α-hetero) is 1. The molecule has 2 unspecified atom stereocenters. The SMILES string of the molecule is CC1=C(C#N)C(c2ccc(Cl)cc2)C2=C(CC(c3ccccc3)CC2=O)N1. The van der Waals surface area contributed by atoms with Gasteiger partial charge in [-0.1, -0.05) is 54.1 Å².